The van der Waals surface area contributed by atoms with E-state index in [9.17, 15) is 8.42 Å². The largest absolute Gasteiger partial charge is 0.443 e. The van der Waals surface area contributed by atoms with Gasteiger partial charge in [-0.2, -0.15) is 17.0 Å². The molecule has 1 aliphatic heterocycles. The van der Waals surface area contributed by atoms with Crippen LogP contribution >= 0.6 is 0 Å². The van der Waals surface area contributed by atoms with Gasteiger partial charge < -0.3 is 4.42 Å². The van der Waals surface area contributed by atoms with E-state index in [-0.39, 0.29) is 18.0 Å². The lowest BCUT2D eigenvalue weighted by atomic mass is 9.96. The van der Waals surface area contributed by atoms with E-state index in [1.165, 1.54) is 6.42 Å². The molecule has 4 rings (SSSR count). The molecule has 2 fully saturated rings. The van der Waals surface area contributed by atoms with E-state index in [0.29, 0.717) is 12.4 Å². The highest BCUT2D eigenvalue weighted by molar-refractivity contribution is 7.86. The van der Waals surface area contributed by atoms with Gasteiger partial charge in [-0.05, 0) is 25.7 Å². The molecule has 30 heavy (non-hydrogen) atoms. The predicted octanol–water partition coefficient (Wildman–Crippen LogP) is 5.11. The Morgan fingerprint density at radius 1 is 1.07 bits per heavy atom. The summed E-state index contributed by atoms with van der Waals surface area (Å²) >= 11 is 0. The smallest absolute Gasteiger partial charge is 0.282 e. The third kappa shape index (κ3) is 4.07. The molecule has 1 atom stereocenters. The molecule has 1 aromatic heterocycles. The van der Waals surface area contributed by atoms with Crippen molar-refractivity contribution in [1.29, 1.82) is 0 Å². The van der Waals surface area contributed by atoms with Crippen LogP contribution in [-0.2, 0) is 10.2 Å². The molecule has 1 saturated heterocycles. The lowest BCUT2D eigenvalue weighted by Gasteiger charge is -2.34. The Bertz CT molecular complexity index is 949. The van der Waals surface area contributed by atoms with Gasteiger partial charge in [-0.1, -0.05) is 63.4 Å². The summed E-state index contributed by atoms with van der Waals surface area (Å²) < 4.78 is 36.4. The lowest BCUT2D eigenvalue weighted by Crippen LogP contribution is -2.46. The summed E-state index contributed by atoms with van der Waals surface area (Å²) in [6.45, 7) is 4.68. The van der Waals surface area contributed by atoms with Crippen molar-refractivity contribution >= 4 is 10.2 Å². The number of nitrogens with zero attached hydrogens (tertiary/aromatic N) is 3. The Labute approximate surface area is 180 Å². The van der Waals surface area contributed by atoms with E-state index in [1.54, 1.807) is 15.7 Å². The molecule has 0 bridgehead atoms. The van der Waals surface area contributed by atoms with Crippen molar-refractivity contribution in [1.82, 2.24) is 13.6 Å². The zero-order valence-corrected chi connectivity index (χ0v) is 19.1. The molecule has 0 spiro atoms. The highest BCUT2D eigenvalue weighted by Gasteiger charge is 2.42. The van der Waals surface area contributed by atoms with Crippen LogP contribution in [0.1, 0.15) is 82.4 Å². The Balaban J connectivity index is 1.65. The van der Waals surface area contributed by atoms with Crippen LogP contribution in [0.15, 0.2) is 34.7 Å². The Morgan fingerprint density at radius 3 is 2.43 bits per heavy atom. The van der Waals surface area contributed by atoms with Crippen molar-refractivity contribution in [2.75, 3.05) is 13.6 Å². The second-order valence-corrected chi connectivity index (χ2v) is 10.8. The Kier molecular flexibility index (Phi) is 6.32. The highest BCUT2D eigenvalue weighted by Crippen LogP contribution is 2.39. The minimum atomic E-state index is -3.56. The average molecular weight is 432 g/mol. The molecule has 1 aliphatic carbocycles. The van der Waals surface area contributed by atoms with E-state index in [0.717, 1.165) is 55.5 Å². The first kappa shape index (κ1) is 21.5. The molecule has 0 radical (unpaired) electrons. The first-order chi connectivity index (χ1) is 14.4. The van der Waals surface area contributed by atoms with Gasteiger partial charge in [-0.3, -0.25) is 0 Å². The first-order valence-corrected chi connectivity index (χ1v) is 12.6. The molecule has 164 valence electrons. The van der Waals surface area contributed by atoms with Gasteiger partial charge in [0.25, 0.3) is 10.2 Å². The Morgan fingerprint density at radius 2 is 1.77 bits per heavy atom. The van der Waals surface area contributed by atoms with E-state index in [4.69, 9.17) is 9.40 Å². The normalized spacial score (nSPS) is 21.7. The molecule has 7 heteroatoms. The number of oxazole rings is 1. The molecule has 0 amide bonds. The van der Waals surface area contributed by atoms with Crippen molar-refractivity contribution in [3.8, 4) is 11.3 Å². The van der Waals surface area contributed by atoms with Crippen LogP contribution in [0.5, 0.6) is 0 Å². The van der Waals surface area contributed by atoms with Crippen molar-refractivity contribution < 1.29 is 12.8 Å². The average Bonchev–Trinajstić information content (AvgIpc) is 3.42. The third-order valence-electron chi connectivity index (χ3n) is 6.48. The van der Waals surface area contributed by atoms with Gasteiger partial charge in [0.05, 0.1) is 0 Å². The van der Waals surface area contributed by atoms with Crippen molar-refractivity contribution in [3.05, 3.63) is 42.0 Å². The summed E-state index contributed by atoms with van der Waals surface area (Å²) in [5.74, 6) is 1.51. The maximum absolute atomic E-state index is 13.5. The van der Waals surface area contributed by atoms with Gasteiger partial charge in [-0.25, -0.2) is 4.98 Å². The summed E-state index contributed by atoms with van der Waals surface area (Å²) in [4.78, 5) is 4.83. The third-order valence-corrected chi connectivity index (χ3v) is 8.54. The molecule has 1 saturated carbocycles. The second kappa shape index (κ2) is 8.81. The van der Waals surface area contributed by atoms with Gasteiger partial charge >= 0.3 is 0 Å². The molecular formula is C23H33N3O3S. The van der Waals surface area contributed by atoms with Gasteiger partial charge in [0, 0.05) is 31.1 Å². The first-order valence-electron chi connectivity index (χ1n) is 11.2. The molecule has 2 aromatic rings. The predicted molar refractivity (Wildman–Crippen MR) is 118 cm³/mol. The van der Waals surface area contributed by atoms with Crippen molar-refractivity contribution in [2.45, 2.75) is 76.8 Å². The minimum absolute atomic E-state index is 0.0978. The Hall–Kier alpha value is -1.70. The highest BCUT2D eigenvalue weighted by atomic mass is 32.2. The minimum Gasteiger partial charge on any atom is -0.443 e. The van der Waals surface area contributed by atoms with Gasteiger partial charge in [-0.15, -0.1) is 0 Å². The lowest BCUT2D eigenvalue weighted by molar-refractivity contribution is 0.248. The quantitative estimate of drug-likeness (QED) is 0.637. The zero-order chi connectivity index (χ0) is 21.3. The standard InChI is InChI=1S/C23H33N3O3S/c1-17(2)22-21(18-11-6-4-7-12-18)24-23(29-22)20-15-10-16-26(20)30(27,28)25(3)19-13-8-5-9-14-19/h4,6-7,11-12,17,19-20H,5,8-10,13-16H2,1-3H3/t20-/m0/s1. The van der Waals surface area contributed by atoms with Crippen LogP contribution in [0.2, 0.25) is 0 Å². The van der Waals surface area contributed by atoms with Crippen LogP contribution in [-0.4, -0.2) is 41.6 Å². The summed E-state index contributed by atoms with van der Waals surface area (Å²) in [7, 11) is -1.82. The summed E-state index contributed by atoms with van der Waals surface area (Å²) in [5.41, 5.74) is 1.83. The molecule has 0 N–H and O–H groups in total. The number of aromatic nitrogens is 1. The fourth-order valence-electron chi connectivity index (χ4n) is 4.75. The van der Waals surface area contributed by atoms with Crippen molar-refractivity contribution in [3.63, 3.8) is 0 Å². The van der Waals surface area contributed by atoms with E-state index in [2.05, 4.69) is 13.8 Å². The molecule has 6 nitrogen and oxygen atoms in total. The summed E-state index contributed by atoms with van der Waals surface area (Å²) in [6.07, 6.45) is 6.86. The van der Waals surface area contributed by atoms with Gasteiger partial charge in [0.1, 0.15) is 17.5 Å². The molecule has 0 unspecified atom stereocenters. The molecule has 1 aromatic carbocycles. The van der Waals surface area contributed by atoms with Crippen LogP contribution in [0.4, 0.5) is 0 Å². The van der Waals surface area contributed by atoms with E-state index in [1.807, 2.05) is 30.3 Å². The fourth-order valence-corrected chi connectivity index (χ4v) is 6.54. The van der Waals surface area contributed by atoms with Crippen LogP contribution in [0.25, 0.3) is 11.3 Å². The second-order valence-electron chi connectivity index (χ2n) is 8.87. The monoisotopic (exact) mass is 431 g/mol. The molecule has 2 aliphatic rings. The van der Waals surface area contributed by atoms with Gasteiger partial charge in [0.2, 0.25) is 5.89 Å². The van der Waals surface area contributed by atoms with Crippen LogP contribution in [0, 0.1) is 0 Å². The maximum atomic E-state index is 13.5. The maximum Gasteiger partial charge on any atom is 0.282 e. The number of hydrogen-bond donors (Lipinski definition) is 0. The number of rotatable bonds is 6. The summed E-state index contributed by atoms with van der Waals surface area (Å²) in [6, 6.07) is 9.75. The van der Waals surface area contributed by atoms with E-state index < -0.39 is 10.2 Å². The van der Waals surface area contributed by atoms with Crippen molar-refractivity contribution in [2.24, 2.45) is 0 Å². The van der Waals surface area contributed by atoms with Crippen LogP contribution < -0.4 is 0 Å². The fraction of sp³-hybridized carbons (Fsp3) is 0.609. The zero-order valence-electron chi connectivity index (χ0n) is 18.3. The molecular weight excluding hydrogens is 398 g/mol. The van der Waals surface area contributed by atoms with E-state index >= 15 is 0 Å². The summed E-state index contributed by atoms with van der Waals surface area (Å²) in [5, 5.41) is 0. The number of benzene rings is 1. The SMILES string of the molecule is CC(C)c1oc([C@@H]2CCCN2S(=O)(=O)N(C)C2CCCCC2)nc1-c1ccccc1. The van der Waals surface area contributed by atoms with Crippen LogP contribution in [0.3, 0.4) is 0 Å². The molecule has 2 heterocycles. The topological polar surface area (TPSA) is 66.7 Å². The van der Waals surface area contributed by atoms with Gasteiger partial charge in [0.15, 0.2) is 0 Å². The number of hydrogen-bond acceptors (Lipinski definition) is 4.